The Balaban J connectivity index is 2.45. The highest BCUT2D eigenvalue weighted by molar-refractivity contribution is 5.74. The fraction of sp³-hybridized carbons (Fsp3) is 0.300. The van der Waals surface area contributed by atoms with Crippen LogP contribution in [0.1, 0.15) is 6.92 Å². The fourth-order valence-corrected chi connectivity index (χ4v) is 1.17. The molecule has 1 unspecified atom stereocenters. The van der Waals surface area contributed by atoms with Crippen LogP contribution in [-0.4, -0.2) is 23.4 Å². The number of oxazole rings is 1. The fourth-order valence-electron chi connectivity index (χ4n) is 1.17. The van der Waals surface area contributed by atoms with Crippen molar-refractivity contribution in [1.29, 1.82) is 0 Å². The minimum atomic E-state index is -0.608. The third-order valence-corrected chi connectivity index (χ3v) is 2.14. The third kappa shape index (κ3) is 1.44. The number of para-hydroxylation sites is 2. The van der Waals surface area contributed by atoms with E-state index in [1.54, 1.807) is 18.9 Å². The molecule has 2 rings (SSSR count). The minimum absolute atomic E-state index is 0.432. The molecule has 0 fully saturated rings. The van der Waals surface area contributed by atoms with Gasteiger partial charge in [-0.25, -0.2) is 0 Å². The summed E-state index contributed by atoms with van der Waals surface area (Å²) in [6.45, 7) is 1.66. The van der Waals surface area contributed by atoms with Crippen molar-refractivity contribution >= 4 is 17.1 Å². The first-order valence-corrected chi connectivity index (χ1v) is 4.45. The maximum absolute atomic E-state index is 9.33. The summed E-state index contributed by atoms with van der Waals surface area (Å²) in [5.41, 5.74) is 1.53. The van der Waals surface area contributed by atoms with E-state index < -0.39 is 6.23 Å². The quantitative estimate of drug-likeness (QED) is 0.734. The van der Waals surface area contributed by atoms with Gasteiger partial charge in [0.05, 0.1) is 0 Å². The van der Waals surface area contributed by atoms with Crippen molar-refractivity contribution < 1.29 is 9.52 Å². The van der Waals surface area contributed by atoms with E-state index in [1.807, 2.05) is 24.3 Å². The van der Waals surface area contributed by atoms with Gasteiger partial charge < -0.3 is 14.4 Å². The molecule has 1 heterocycles. The number of fused-ring (bicyclic) bond motifs is 1. The van der Waals surface area contributed by atoms with Gasteiger partial charge in [0.2, 0.25) is 0 Å². The van der Waals surface area contributed by atoms with Gasteiger partial charge in [-0.2, -0.15) is 4.98 Å². The van der Waals surface area contributed by atoms with E-state index in [0.717, 1.165) is 11.1 Å². The van der Waals surface area contributed by atoms with Crippen LogP contribution in [0.5, 0.6) is 0 Å². The largest absolute Gasteiger partial charge is 0.423 e. The van der Waals surface area contributed by atoms with E-state index in [4.69, 9.17) is 4.42 Å². The number of aromatic nitrogens is 1. The maximum Gasteiger partial charge on any atom is 0.300 e. The highest BCUT2D eigenvalue weighted by Crippen LogP contribution is 2.21. The van der Waals surface area contributed by atoms with Gasteiger partial charge >= 0.3 is 0 Å². The van der Waals surface area contributed by atoms with Gasteiger partial charge in [-0.15, -0.1) is 0 Å². The van der Waals surface area contributed by atoms with Crippen LogP contribution in [-0.2, 0) is 0 Å². The first-order valence-electron chi connectivity index (χ1n) is 4.45. The molecule has 14 heavy (non-hydrogen) atoms. The number of rotatable bonds is 2. The predicted octanol–water partition coefficient (Wildman–Crippen LogP) is 1.60. The van der Waals surface area contributed by atoms with Gasteiger partial charge in [-0.1, -0.05) is 12.1 Å². The summed E-state index contributed by atoms with van der Waals surface area (Å²) in [5.74, 6) is 0. The Hall–Kier alpha value is -1.55. The molecule has 4 nitrogen and oxygen atoms in total. The van der Waals surface area contributed by atoms with Crippen molar-refractivity contribution in [2.24, 2.45) is 0 Å². The Morgan fingerprint density at radius 1 is 1.43 bits per heavy atom. The second-order valence-corrected chi connectivity index (χ2v) is 3.21. The van der Waals surface area contributed by atoms with Crippen molar-refractivity contribution in [2.45, 2.75) is 13.2 Å². The Kier molecular flexibility index (Phi) is 2.13. The smallest absolute Gasteiger partial charge is 0.300 e. The average molecular weight is 192 g/mol. The number of hydrogen-bond acceptors (Lipinski definition) is 4. The molecule has 0 bridgehead atoms. The minimum Gasteiger partial charge on any atom is -0.423 e. The van der Waals surface area contributed by atoms with Gasteiger partial charge in [0.25, 0.3) is 6.01 Å². The van der Waals surface area contributed by atoms with Gasteiger partial charge in [0, 0.05) is 7.05 Å². The molecule has 0 amide bonds. The molecule has 0 radical (unpaired) electrons. The monoisotopic (exact) mass is 192 g/mol. The van der Waals surface area contributed by atoms with Crippen molar-refractivity contribution in [2.75, 3.05) is 11.9 Å². The SMILES string of the molecule is CC(O)N(C)c1nc2ccccc2o1. The predicted molar refractivity (Wildman–Crippen MR) is 54.1 cm³/mol. The Labute approximate surface area is 81.8 Å². The summed E-state index contributed by atoms with van der Waals surface area (Å²) in [7, 11) is 1.73. The van der Waals surface area contributed by atoms with Crippen LogP contribution in [0.25, 0.3) is 11.1 Å². The van der Waals surface area contributed by atoms with Crippen LogP contribution < -0.4 is 4.90 Å². The molecule has 2 aromatic rings. The lowest BCUT2D eigenvalue weighted by Gasteiger charge is -2.16. The maximum atomic E-state index is 9.33. The molecule has 1 aromatic carbocycles. The van der Waals surface area contributed by atoms with Crippen molar-refractivity contribution in [3.8, 4) is 0 Å². The zero-order valence-corrected chi connectivity index (χ0v) is 8.14. The van der Waals surface area contributed by atoms with Crippen LogP contribution in [0.4, 0.5) is 6.01 Å². The molecule has 0 saturated heterocycles. The lowest BCUT2D eigenvalue weighted by Crippen LogP contribution is -2.28. The van der Waals surface area contributed by atoms with E-state index in [2.05, 4.69) is 4.98 Å². The molecule has 1 aromatic heterocycles. The molecule has 1 N–H and O–H groups in total. The molecule has 0 aliphatic carbocycles. The molecule has 0 spiro atoms. The van der Waals surface area contributed by atoms with Crippen LogP contribution in [0.2, 0.25) is 0 Å². The van der Waals surface area contributed by atoms with Crippen LogP contribution >= 0.6 is 0 Å². The number of nitrogens with zero attached hydrogens (tertiary/aromatic N) is 2. The van der Waals surface area contributed by atoms with Crippen LogP contribution in [0.15, 0.2) is 28.7 Å². The molecule has 1 atom stereocenters. The molecular weight excluding hydrogens is 180 g/mol. The van der Waals surface area contributed by atoms with Gasteiger partial charge in [0.15, 0.2) is 5.58 Å². The van der Waals surface area contributed by atoms with E-state index in [0.29, 0.717) is 6.01 Å². The van der Waals surface area contributed by atoms with Gasteiger partial charge in [-0.05, 0) is 19.1 Å². The lowest BCUT2D eigenvalue weighted by atomic mass is 10.3. The Morgan fingerprint density at radius 3 is 2.79 bits per heavy atom. The van der Waals surface area contributed by atoms with Crippen LogP contribution in [0, 0.1) is 0 Å². The first kappa shape index (κ1) is 9.02. The Morgan fingerprint density at radius 2 is 2.14 bits per heavy atom. The number of aliphatic hydroxyl groups is 1. The van der Waals surface area contributed by atoms with Crippen molar-refractivity contribution in [1.82, 2.24) is 4.98 Å². The van der Waals surface area contributed by atoms with E-state index >= 15 is 0 Å². The highest BCUT2D eigenvalue weighted by Gasteiger charge is 2.12. The summed E-state index contributed by atoms with van der Waals surface area (Å²) in [6, 6.07) is 7.94. The zero-order valence-electron chi connectivity index (χ0n) is 8.14. The number of aliphatic hydroxyl groups excluding tert-OH is 1. The highest BCUT2D eigenvalue weighted by atomic mass is 16.4. The molecule has 0 saturated carbocycles. The number of anilines is 1. The lowest BCUT2D eigenvalue weighted by molar-refractivity contribution is 0.189. The van der Waals surface area contributed by atoms with Crippen molar-refractivity contribution in [3.05, 3.63) is 24.3 Å². The van der Waals surface area contributed by atoms with Gasteiger partial charge in [0.1, 0.15) is 11.7 Å². The molecule has 74 valence electrons. The first-order chi connectivity index (χ1) is 6.68. The zero-order chi connectivity index (χ0) is 10.1. The van der Waals surface area contributed by atoms with E-state index in [1.165, 1.54) is 0 Å². The second kappa shape index (κ2) is 3.31. The molecule has 4 heteroatoms. The van der Waals surface area contributed by atoms with Crippen molar-refractivity contribution in [3.63, 3.8) is 0 Å². The normalized spacial score (nSPS) is 13.1. The summed E-state index contributed by atoms with van der Waals surface area (Å²) in [6.07, 6.45) is -0.608. The summed E-state index contributed by atoms with van der Waals surface area (Å²) >= 11 is 0. The number of hydrogen-bond donors (Lipinski definition) is 1. The molecule has 0 aliphatic heterocycles. The number of benzene rings is 1. The Bertz CT molecular complexity index is 403. The second-order valence-electron chi connectivity index (χ2n) is 3.21. The average Bonchev–Trinajstić information content (AvgIpc) is 2.59. The van der Waals surface area contributed by atoms with E-state index in [9.17, 15) is 5.11 Å². The van der Waals surface area contributed by atoms with Crippen LogP contribution in [0.3, 0.4) is 0 Å². The third-order valence-electron chi connectivity index (χ3n) is 2.14. The topological polar surface area (TPSA) is 49.5 Å². The molecular formula is C10H12N2O2. The van der Waals surface area contributed by atoms with Gasteiger partial charge in [-0.3, -0.25) is 0 Å². The summed E-state index contributed by atoms with van der Waals surface area (Å²) in [4.78, 5) is 5.80. The summed E-state index contributed by atoms with van der Waals surface area (Å²) < 4.78 is 5.45. The standard InChI is InChI=1S/C10H12N2O2/c1-7(13)12(2)10-11-8-5-3-4-6-9(8)14-10/h3-7,13H,1-2H3. The molecule has 0 aliphatic rings. The van der Waals surface area contributed by atoms with E-state index in [-0.39, 0.29) is 0 Å². The summed E-state index contributed by atoms with van der Waals surface area (Å²) in [5, 5.41) is 9.33.